The lowest BCUT2D eigenvalue weighted by atomic mass is 10.0. The first kappa shape index (κ1) is 12.6. The largest absolute Gasteiger partial charge is 0.425 e. The molecule has 1 heterocycles. The number of alkyl halides is 6. The highest BCUT2D eigenvalue weighted by Gasteiger charge is 2.61. The van der Waals surface area contributed by atoms with Crippen molar-refractivity contribution < 1.29 is 26.3 Å². The van der Waals surface area contributed by atoms with Crippen LogP contribution in [0.1, 0.15) is 12.8 Å². The molecule has 0 amide bonds. The van der Waals surface area contributed by atoms with Crippen LogP contribution in [0.2, 0.25) is 0 Å². The minimum absolute atomic E-state index is 0.111. The van der Waals surface area contributed by atoms with Gasteiger partial charge in [0.05, 0.1) is 6.04 Å². The van der Waals surface area contributed by atoms with E-state index in [9.17, 15) is 26.3 Å². The Morgan fingerprint density at radius 2 is 1.73 bits per heavy atom. The van der Waals surface area contributed by atoms with E-state index in [1.807, 2.05) is 0 Å². The summed E-state index contributed by atoms with van der Waals surface area (Å²) in [5.41, 5.74) is 0. The Balaban J connectivity index is 2.81. The van der Waals surface area contributed by atoms with E-state index in [0.29, 0.717) is 6.42 Å². The van der Waals surface area contributed by atoms with Gasteiger partial charge in [0.15, 0.2) is 0 Å². The van der Waals surface area contributed by atoms with E-state index in [4.69, 9.17) is 0 Å². The number of hydrogen-bond acceptors (Lipinski definition) is 1. The van der Waals surface area contributed by atoms with Gasteiger partial charge in [-0.15, -0.1) is 0 Å². The average molecular weight is 235 g/mol. The van der Waals surface area contributed by atoms with Crippen LogP contribution in [-0.2, 0) is 0 Å². The smallest absolute Gasteiger partial charge is 0.298 e. The maximum Gasteiger partial charge on any atom is 0.425 e. The molecule has 2 unspecified atom stereocenters. The molecule has 0 aliphatic carbocycles. The molecule has 1 nitrogen and oxygen atoms in total. The summed E-state index contributed by atoms with van der Waals surface area (Å²) < 4.78 is 74.4. The Morgan fingerprint density at radius 3 is 2.07 bits per heavy atom. The van der Waals surface area contributed by atoms with Gasteiger partial charge in [-0.05, 0) is 26.4 Å². The van der Waals surface area contributed by atoms with E-state index in [1.54, 1.807) is 0 Å². The molecule has 1 saturated heterocycles. The van der Waals surface area contributed by atoms with Crippen molar-refractivity contribution in [1.82, 2.24) is 4.90 Å². The van der Waals surface area contributed by atoms with Crippen molar-refractivity contribution in [2.24, 2.45) is 0 Å². The quantitative estimate of drug-likeness (QED) is 0.665. The molecule has 0 spiro atoms. The van der Waals surface area contributed by atoms with Gasteiger partial charge < -0.3 is 0 Å². The van der Waals surface area contributed by atoms with Crippen LogP contribution in [0.15, 0.2) is 0 Å². The fraction of sp³-hybridized carbons (Fsp3) is 1.00. The predicted octanol–water partition coefficient (Wildman–Crippen LogP) is 2.62. The van der Waals surface area contributed by atoms with Crippen molar-refractivity contribution in [3.8, 4) is 0 Å². The predicted molar refractivity (Wildman–Crippen MR) is 41.6 cm³/mol. The van der Waals surface area contributed by atoms with Crippen LogP contribution in [0.4, 0.5) is 26.3 Å². The monoisotopic (exact) mass is 235 g/mol. The molecule has 1 aliphatic rings. The number of nitrogens with zero attached hydrogens (tertiary/aromatic N) is 1. The van der Waals surface area contributed by atoms with Crippen LogP contribution in [0.3, 0.4) is 0 Å². The van der Waals surface area contributed by atoms with Crippen LogP contribution < -0.4 is 0 Å². The minimum Gasteiger partial charge on any atom is -0.298 e. The SMILES string of the molecule is CN1CCCC1C(F)(F)C(F)C(F)(F)F. The topological polar surface area (TPSA) is 3.24 Å². The Labute approximate surface area is 83.0 Å². The molecule has 0 aromatic carbocycles. The van der Waals surface area contributed by atoms with Crippen LogP contribution in [-0.4, -0.2) is 42.8 Å². The maximum absolute atomic E-state index is 13.1. The lowest BCUT2D eigenvalue weighted by molar-refractivity contribution is -0.256. The summed E-state index contributed by atoms with van der Waals surface area (Å²) in [6.07, 6.45) is -9.34. The third-order valence-corrected chi connectivity index (χ3v) is 2.59. The lowest BCUT2D eigenvalue weighted by Gasteiger charge is -2.31. The highest BCUT2D eigenvalue weighted by molar-refractivity contribution is 4.96. The van der Waals surface area contributed by atoms with Gasteiger partial charge in [0.1, 0.15) is 0 Å². The summed E-state index contributed by atoms with van der Waals surface area (Å²) in [4.78, 5) is 1.07. The van der Waals surface area contributed by atoms with E-state index in [-0.39, 0.29) is 13.0 Å². The zero-order valence-corrected chi connectivity index (χ0v) is 7.99. The van der Waals surface area contributed by atoms with Gasteiger partial charge in [-0.25, -0.2) is 13.2 Å². The first-order valence-corrected chi connectivity index (χ1v) is 4.46. The van der Waals surface area contributed by atoms with Gasteiger partial charge in [-0.1, -0.05) is 0 Å². The molecule has 90 valence electrons. The summed E-state index contributed by atoms with van der Waals surface area (Å²) in [6, 6.07) is -1.66. The van der Waals surface area contributed by atoms with E-state index in [2.05, 4.69) is 0 Å². The zero-order valence-electron chi connectivity index (χ0n) is 7.99. The van der Waals surface area contributed by atoms with Gasteiger partial charge >= 0.3 is 12.1 Å². The summed E-state index contributed by atoms with van der Waals surface area (Å²) >= 11 is 0. The Bertz CT molecular complexity index is 222. The maximum atomic E-state index is 13.1. The van der Waals surface area contributed by atoms with Crippen LogP contribution in [0.25, 0.3) is 0 Å². The summed E-state index contributed by atoms with van der Waals surface area (Å²) in [5.74, 6) is -4.37. The zero-order chi connectivity index (χ0) is 11.9. The van der Waals surface area contributed by atoms with Crippen molar-refractivity contribution in [2.45, 2.75) is 37.2 Å². The Hall–Kier alpha value is -0.460. The number of likely N-dealkylation sites (tertiary alicyclic amines) is 1. The molecule has 0 aromatic heterocycles. The number of hydrogen-bond donors (Lipinski definition) is 0. The summed E-state index contributed by atoms with van der Waals surface area (Å²) in [5, 5.41) is 0. The molecule has 0 bridgehead atoms. The molecule has 0 aromatic rings. The second kappa shape index (κ2) is 3.84. The van der Waals surface area contributed by atoms with Gasteiger partial charge in [-0.3, -0.25) is 4.90 Å². The number of rotatable bonds is 2. The fourth-order valence-electron chi connectivity index (χ4n) is 1.78. The van der Waals surface area contributed by atoms with E-state index >= 15 is 0 Å². The molecule has 7 heteroatoms. The van der Waals surface area contributed by atoms with Gasteiger partial charge in [0, 0.05) is 0 Å². The molecule has 0 N–H and O–H groups in total. The van der Waals surface area contributed by atoms with E-state index in [1.165, 1.54) is 7.05 Å². The second-order valence-electron chi connectivity index (χ2n) is 3.72. The average Bonchev–Trinajstić information content (AvgIpc) is 2.48. The fourth-order valence-corrected chi connectivity index (χ4v) is 1.78. The van der Waals surface area contributed by atoms with Crippen LogP contribution in [0.5, 0.6) is 0 Å². The first-order chi connectivity index (χ1) is 6.67. The van der Waals surface area contributed by atoms with Gasteiger partial charge in [0.2, 0.25) is 0 Å². The van der Waals surface area contributed by atoms with Crippen molar-refractivity contribution in [1.29, 1.82) is 0 Å². The molecular formula is C8H11F6N. The molecule has 1 aliphatic heterocycles. The van der Waals surface area contributed by atoms with E-state index < -0.39 is 24.3 Å². The molecule has 15 heavy (non-hydrogen) atoms. The van der Waals surface area contributed by atoms with E-state index in [0.717, 1.165) is 4.90 Å². The summed E-state index contributed by atoms with van der Waals surface area (Å²) in [7, 11) is 1.27. The third-order valence-electron chi connectivity index (χ3n) is 2.59. The highest BCUT2D eigenvalue weighted by Crippen LogP contribution is 2.41. The van der Waals surface area contributed by atoms with Gasteiger partial charge in [-0.2, -0.15) is 13.2 Å². The lowest BCUT2D eigenvalue weighted by Crippen LogP contribution is -2.53. The summed E-state index contributed by atoms with van der Waals surface area (Å²) in [6.45, 7) is 0.269. The van der Waals surface area contributed by atoms with Gasteiger partial charge in [0.25, 0.3) is 6.17 Å². The van der Waals surface area contributed by atoms with Crippen LogP contribution in [0, 0.1) is 0 Å². The molecule has 0 radical (unpaired) electrons. The normalized spacial score (nSPS) is 27.0. The highest BCUT2D eigenvalue weighted by atomic mass is 19.4. The third kappa shape index (κ3) is 2.38. The molecule has 2 atom stereocenters. The molecule has 0 saturated carbocycles. The second-order valence-corrected chi connectivity index (χ2v) is 3.72. The standard InChI is InChI=1S/C8H11F6N/c1-15-4-2-3-5(15)7(10,11)6(9)8(12,13)14/h5-6H,2-4H2,1H3. The minimum atomic E-state index is -5.51. The molecule has 1 rings (SSSR count). The van der Waals surface area contributed by atoms with Crippen molar-refractivity contribution in [2.75, 3.05) is 13.6 Å². The Morgan fingerprint density at radius 1 is 1.20 bits per heavy atom. The van der Waals surface area contributed by atoms with Crippen molar-refractivity contribution in [3.63, 3.8) is 0 Å². The van der Waals surface area contributed by atoms with Crippen molar-refractivity contribution >= 4 is 0 Å². The number of halogens is 6. The van der Waals surface area contributed by atoms with Crippen LogP contribution >= 0.6 is 0 Å². The molecular weight excluding hydrogens is 224 g/mol. The molecule has 1 fully saturated rings. The first-order valence-electron chi connectivity index (χ1n) is 4.46. The van der Waals surface area contributed by atoms with Crippen molar-refractivity contribution in [3.05, 3.63) is 0 Å². The Kier molecular flexibility index (Phi) is 3.23.